The van der Waals surface area contributed by atoms with Crippen molar-refractivity contribution in [2.75, 3.05) is 26.5 Å². The van der Waals surface area contributed by atoms with Crippen molar-refractivity contribution >= 4 is 34.5 Å². The number of aromatic nitrogens is 2. The van der Waals surface area contributed by atoms with E-state index >= 15 is 0 Å². The summed E-state index contributed by atoms with van der Waals surface area (Å²) in [7, 11) is 2.86. The fourth-order valence-corrected chi connectivity index (χ4v) is 3.51. The van der Waals surface area contributed by atoms with E-state index in [1.807, 2.05) is 6.07 Å². The van der Waals surface area contributed by atoms with Crippen molar-refractivity contribution in [3.8, 4) is 6.07 Å². The Morgan fingerprint density at radius 3 is 2.79 bits per heavy atom. The number of rotatable bonds is 8. The molecular weight excluding hydrogens is 396 g/mol. The molecule has 0 radical (unpaired) electrons. The maximum Gasteiger partial charge on any atom is 0.337 e. The smallest absolute Gasteiger partial charge is 0.337 e. The molecule has 2 rings (SSSR count). The lowest BCUT2D eigenvalue weighted by atomic mass is 10.1. The maximum absolute atomic E-state index is 12.9. The van der Waals surface area contributed by atoms with Crippen LogP contribution in [0.25, 0.3) is 10.9 Å². The van der Waals surface area contributed by atoms with Crippen LogP contribution in [0.2, 0.25) is 0 Å². The molecule has 0 aliphatic rings. The van der Waals surface area contributed by atoms with Gasteiger partial charge in [0.25, 0.3) is 5.56 Å². The number of hydrogen-bond acceptors (Lipinski definition) is 8. The maximum atomic E-state index is 12.9. The number of esters is 1. The molecule has 0 saturated carbocycles. The van der Waals surface area contributed by atoms with E-state index in [1.165, 1.54) is 34.8 Å². The molecule has 0 unspecified atom stereocenters. The summed E-state index contributed by atoms with van der Waals surface area (Å²) in [5, 5.41) is 19.0. The van der Waals surface area contributed by atoms with Crippen molar-refractivity contribution in [2.45, 2.75) is 31.1 Å². The minimum atomic E-state index is -0.797. The van der Waals surface area contributed by atoms with Crippen LogP contribution in [-0.4, -0.2) is 64.0 Å². The number of aliphatic hydroxyl groups excluding tert-OH is 1. The molecule has 0 bridgehead atoms. The highest BCUT2D eigenvalue weighted by atomic mass is 32.2. The lowest BCUT2D eigenvalue weighted by Gasteiger charge is -2.17. The number of carbonyl (C=O) groups is 2. The van der Waals surface area contributed by atoms with Gasteiger partial charge in [-0.05, 0) is 25.1 Å². The number of aliphatic hydroxyl groups is 1. The number of carbonyl (C=O) groups excluding carboxylic acids is 2. The molecule has 1 atom stereocenters. The van der Waals surface area contributed by atoms with E-state index in [0.29, 0.717) is 17.4 Å². The lowest BCUT2D eigenvalue weighted by molar-refractivity contribution is -0.127. The summed E-state index contributed by atoms with van der Waals surface area (Å²) >= 11 is 1.06. The third-order valence-electron chi connectivity index (χ3n) is 4.10. The summed E-state index contributed by atoms with van der Waals surface area (Å²) in [4.78, 5) is 42.8. The molecule has 154 valence electrons. The van der Waals surface area contributed by atoms with Gasteiger partial charge < -0.3 is 14.7 Å². The fourth-order valence-electron chi connectivity index (χ4n) is 2.56. The first kappa shape index (κ1) is 22.4. The topological polar surface area (TPSA) is 126 Å². The van der Waals surface area contributed by atoms with Crippen molar-refractivity contribution in [1.82, 2.24) is 14.5 Å². The van der Waals surface area contributed by atoms with Crippen molar-refractivity contribution in [3.05, 3.63) is 34.1 Å². The minimum absolute atomic E-state index is 0.0103. The largest absolute Gasteiger partial charge is 0.465 e. The first-order chi connectivity index (χ1) is 13.8. The van der Waals surface area contributed by atoms with Gasteiger partial charge in [0.05, 0.1) is 54.5 Å². The summed E-state index contributed by atoms with van der Waals surface area (Å²) in [5.74, 6) is -0.756. The van der Waals surface area contributed by atoms with Crippen LogP contribution in [-0.2, 0) is 16.1 Å². The number of nitriles is 1. The van der Waals surface area contributed by atoms with E-state index in [1.54, 1.807) is 14.0 Å². The molecule has 0 spiro atoms. The molecule has 0 aliphatic carbocycles. The van der Waals surface area contributed by atoms with Gasteiger partial charge in [-0.2, -0.15) is 5.26 Å². The second-order valence-corrected chi connectivity index (χ2v) is 7.34. The summed E-state index contributed by atoms with van der Waals surface area (Å²) in [6.07, 6.45) is -0.570. The van der Waals surface area contributed by atoms with Gasteiger partial charge in [-0.15, -0.1) is 0 Å². The minimum Gasteiger partial charge on any atom is -0.465 e. The molecule has 1 aromatic heterocycles. The number of hydrogen-bond donors (Lipinski definition) is 1. The number of benzene rings is 1. The summed E-state index contributed by atoms with van der Waals surface area (Å²) in [6, 6.07) is 6.41. The van der Waals surface area contributed by atoms with Gasteiger partial charge >= 0.3 is 5.97 Å². The van der Waals surface area contributed by atoms with Crippen LogP contribution in [0.3, 0.4) is 0 Å². The van der Waals surface area contributed by atoms with Crippen LogP contribution in [0.1, 0.15) is 23.7 Å². The molecular formula is C19H22N4O5S. The van der Waals surface area contributed by atoms with Crippen LogP contribution >= 0.6 is 11.8 Å². The molecule has 2 aromatic rings. The Bertz CT molecular complexity index is 1010. The predicted molar refractivity (Wildman–Crippen MR) is 108 cm³/mol. The highest BCUT2D eigenvalue weighted by Gasteiger charge is 2.17. The Labute approximate surface area is 171 Å². The molecule has 10 heteroatoms. The monoisotopic (exact) mass is 418 g/mol. The Morgan fingerprint density at radius 2 is 2.17 bits per heavy atom. The van der Waals surface area contributed by atoms with Gasteiger partial charge in [-0.3, -0.25) is 14.2 Å². The average Bonchev–Trinajstić information content (AvgIpc) is 2.71. The van der Waals surface area contributed by atoms with E-state index in [-0.39, 0.29) is 40.9 Å². The van der Waals surface area contributed by atoms with Crippen LogP contribution in [0.15, 0.2) is 28.2 Å². The molecule has 0 aliphatic heterocycles. The van der Waals surface area contributed by atoms with Gasteiger partial charge in [0.2, 0.25) is 5.91 Å². The number of amides is 1. The number of methoxy groups -OCH3 is 1. The summed E-state index contributed by atoms with van der Waals surface area (Å²) in [5.41, 5.74) is 0.177. The zero-order chi connectivity index (χ0) is 21.6. The number of ether oxygens (including phenoxy) is 1. The summed E-state index contributed by atoms with van der Waals surface area (Å²) in [6.45, 7) is 1.87. The van der Waals surface area contributed by atoms with Gasteiger partial charge in [0, 0.05) is 13.6 Å². The van der Waals surface area contributed by atoms with Crippen molar-refractivity contribution in [2.24, 2.45) is 0 Å². The van der Waals surface area contributed by atoms with E-state index < -0.39 is 12.1 Å². The standard InChI is InChI=1S/C19H22N4O5S/c1-12(24)10-23-17(26)14-6-5-13(18(27)28-3)9-15(14)21-19(23)29-11-16(25)22(2)8-4-7-20/h5-6,9,12,24H,4,8,10-11H2,1-3H3/t12-/m1/s1. The Morgan fingerprint density at radius 1 is 1.45 bits per heavy atom. The highest BCUT2D eigenvalue weighted by Crippen LogP contribution is 2.20. The van der Waals surface area contributed by atoms with Crippen molar-refractivity contribution in [1.29, 1.82) is 5.26 Å². The highest BCUT2D eigenvalue weighted by molar-refractivity contribution is 7.99. The van der Waals surface area contributed by atoms with E-state index in [4.69, 9.17) is 10.00 Å². The number of thioether (sulfide) groups is 1. The Kier molecular flexibility index (Phi) is 7.75. The van der Waals surface area contributed by atoms with Crippen LogP contribution in [0.4, 0.5) is 0 Å². The second kappa shape index (κ2) is 10.0. The van der Waals surface area contributed by atoms with Crippen LogP contribution < -0.4 is 5.56 Å². The van der Waals surface area contributed by atoms with E-state index in [2.05, 4.69) is 4.98 Å². The van der Waals surface area contributed by atoms with Crippen molar-refractivity contribution in [3.63, 3.8) is 0 Å². The molecule has 9 nitrogen and oxygen atoms in total. The van der Waals surface area contributed by atoms with Gasteiger partial charge in [-0.25, -0.2) is 9.78 Å². The van der Waals surface area contributed by atoms with Gasteiger partial charge in [-0.1, -0.05) is 11.8 Å². The normalized spacial score (nSPS) is 11.7. The Balaban J connectivity index is 2.42. The SMILES string of the molecule is COC(=O)c1ccc2c(=O)n(C[C@@H](C)O)c(SCC(=O)N(C)CCC#N)nc2c1. The zero-order valence-electron chi connectivity index (χ0n) is 16.4. The second-order valence-electron chi connectivity index (χ2n) is 6.39. The quantitative estimate of drug-likeness (QED) is 0.383. The third kappa shape index (κ3) is 5.56. The lowest BCUT2D eigenvalue weighted by Crippen LogP contribution is -2.31. The Hall–Kier alpha value is -2.90. The zero-order valence-corrected chi connectivity index (χ0v) is 17.2. The molecule has 1 aromatic carbocycles. The third-order valence-corrected chi connectivity index (χ3v) is 5.06. The fraction of sp³-hybridized carbons (Fsp3) is 0.421. The van der Waals surface area contributed by atoms with E-state index in [0.717, 1.165) is 11.8 Å². The molecule has 1 amide bonds. The number of nitrogens with zero attached hydrogens (tertiary/aromatic N) is 4. The van der Waals surface area contributed by atoms with Crippen LogP contribution in [0.5, 0.6) is 0 Å². The first-order valence-corrected chi connectivity index (χ1v) is 9.81. The first-order valence-electron chi connectivity index (χ1n) is 8.83. The van der Waals surface area contributed by atoms with E-state index in [9.17, 15) is 19.5 Å². The van der Waals surface area contributed by atoms with Crippen LogP contribution in [0, 0.1) is 11.3 Å². The molecule has 0 fully saturated rings. The molecule has 1 N–H and O–H groups in total. The average molecular weight is 418 g/mol. The molecule has 29 heavy (non-hydrogen) atoms. The summed E-state index contributed by atoms with van der Waals surface area (Å²) < 4.78 is 6.02. The van der Waals surface area contributed by atoms with Gasteiger partial charge in [0.1, 0.15) is 0 Å². The molecule has 0 saturated heterocycles. The molecule has 1 heterocycles. The van der Waals surface area contributed by atoms with Crippen molar-refractivity contribution < 1.29 is 19.4 Å². The predicted octanol–water partition coefficient (Wildman–Crippen LogP) is 1.03. The number of fused-ring (bicyclic) bond motifs is 1. The van der Waals surface area contributed by atoms with Gasteiger partial charge in [0.15, 0.2) is 5.16 Å².